The Morgan fingerprint density at radius 1 is 1.04 bits per heavy atom. The third kappa shape index (κ3) is 5.09. The Labute approximate surface area is 154 Å². The highest BCUT2D eigenvalue weighted by Crippen LogP contribution is 2.20. The summed E-state index contributed by atoms with van der Waals surface area (Å²) in [6.45, 7) is 9.05. The average Bonchev–Trinajstić information content (AvgIpc) is 2.59. The summed E-state index contributed by atoms with van der Waals surface area (Å²) in [6.07, 6.45) is -0.912. The van der Waals surface area contributed by atoms with E-state index >= 15 is 0 Å². The van der Waals surface area contributed by atoms with Crippen molar-refractivity contribution in [3.05, 3.63) is 58.7 Å². The Bertz CT molecular complexity index is 814. The number of amides is 1. The maximum absolute atomic E-state index is 12.3. The molecule has 1 N–H and O–H groups in total. The second-order valence-corrected chi connectivity index (χ2v) is 6.43. The molecule has 0 aliphatic carbocycles. The number of carbonyl (C=O) groups excluding carboxylic acids is 2. The lowest BCUT2D eigenvalue weighted by Gasteiger charge is -2.16. The van der Waals surface area contributed by atoms with Gasteiger partial charge in [0.05, 0.1) is 0 Å². The van der Waals surface area contributed by atoms with Gasteiger partial charge < -0.3 is 14.8 Å². The highest BCUT2D eigenvalue weighted by atomic mass is 16.6. The molecule has 0 aliphatic rings. The number of aryl methyl sites for hydroxylation is 3. The summed E-state index contributed by atoms with van der Waals surface area (Å²) in [5, 5.41) is 2.79. The van der Waals surface area contributed by atoms with Crippen LogP contribution in [0, 0.1) is 27.7 Å². The van der Waals surface area contributed by atoms with Crippen molar-refractivity contribution in [3.8, 4) is 5.75 Å². The molecule has 0 aliphatic heterocycles. The van der Waals surface area contributed by atoms with Crippen molar-refractivity contribution in [2.24, 2.45) is 0 Å². The van der Waals surface area contributed by atoms with Crippen molar-refractivity contribution in [1.29, 1.82) is 0 Å². The third-order valence-corrected chi connectivity index (χ3v) is 4.23. The zero-order valence-electron chi connectivity index (χ0n) is 15.9. The number of hydrogen-bond acceptors (Lipinski definition) is 4. The van der Waals surface area contributed by atoms with Crippen LogP contribution in [0.15, 0.2) is 36.4 Å². The Balaban J connectivity index is 1.89. The second-order valence-electron chi connectivity index (χ2n) is 6.43. The van der Waals surface area contributed by atoms with Crippen LogP contribution in [0.2, 0.25) is 0 Å². The molecule has 2 rings (SSSR count). The highest BCUT2D eigenvalue weighted by Gasteiger charge is 2.19. The van der Waals surface area contributed by atoms with Crippen LogP contribution in [0.1, 0.15) is 29.2 Å². The monoisotopic (exact) mass is 355 g/mol. The first-order valence-electron chi connectivity index (χ1n) is 8.54. The fraction of sp³-hybridized carbons (Fsp3) is 0.333. The van der Waals surface area contributed by atoms with Crippen LogP contribution in [0.4, 0.5) is 5.69 Å². The minimum atomic E-state index is -0.912. The fourth-order valence-corrected chi connectivity index (χ4v) is 2.41. The summed E-state index contributed by atoms with van der Waals surface area (Å²) in [5.74, 6) is -0.331. The van der Waals surface area contributed by atoms with E-state index in [1.807, 2.05) is 58.0 Å². The van der Waals surface area contributed by atoms with Crippen molar-refractivity contribution in [2.75, 3.05) is 11.9 Å². The summed E-state index contributed by atoms with van der Waals surface area (Å²) in [5.41, 5.74) is 4.75. The van der Waals surface area contributed by atoms with Gasteiger partial charge in [-0.3, -0.25) is 4.79 Å². The first-order valence-corrected chi connectivity index (χ1v) is 8.54. The molecule has 0 saturated carbocycles. The molecule has 1 amide bonds. The van der Waals surface area contributed by atoms with Gasteiger partial charge in [-0.05, 0) is 69.0 Å². The lowest BCUT2D eigenvalue weighted by molar-refractivity contribution is -0.155. The molecular weight excluding hydrogens is 330 g/mol. The molecule has 5 heteroatoms. The lowest BCUT2D eigenvalue weighted by atomic mass is 10.1. The van der Waals surface area contributed by atoms with Gasteiger partial charge in [0.15, 0.2) is 12.7 Å². The van der Waals surface area contributed by atoms with E-state index < -0.39 is 12.1 Å². The van der Waals surface area contributed by atoms with Gasteiger partial charge in [0.25, 0.3) is 5.91 Å². The van der Waals surface area contributed by atoms with E-state index in [1.54, 1.807) is 6.07 Å². The number of rotatable bonds is 6. The fourth-order valence-electron chi connectivity index (χ4n) is 2.41. The first kappa shape index (κ1) is 19.5. The van der Waals surface area contributed by atoms with Crippen LogP contribution in [0.5, 0.6) is 5.75 Å². The lowest BCUT2D eigenvalue weighted by Crippen LogP contribution is -2.32. The Morgan fingerprint density at radius 3 is 2.50 bits per heavy atom. The average molecular weight is 355 g/mol. The molecule has 0 saturated heterocycles. The van der Waals surface area contributed by atoms with Crippen LogP contribution in [0.3, 0.4) is 0 Å². The molecule has 0 unspecified atom stereocenters. The predicted molar refractivity (Wildman–Crippen MR) is 102 cm³/mol. The van der Waals surface area contributed by atoms with Crippen LogP contribution >= 0.6 is 0 Å². The minimum Gasteiger partial charge on any atom is -0.482 e. The standard InChI is InChI=1S/C21H25NO4/c1-13-9-10-15(3)18(11-13)22-21(24)17(5)26-20(23)12-25-19-8-6-7-14(2)16(19)4/h6-11,17H,12H2,1-5H3,(H,22,24)/t17-/m1/s1. The van der Waals surface area contributed by atoms with E-state index in [4.69, 9.17) is 9.47 Å². The van der Waals surface area contributed by atoms with Gasteiger partial charge in [-0.25, -0.2) is 4.79 Å². The molecule has 0 heterocycles. The molecule has 0 bridgehead atoms. The van der Waals surface area contributed by atoms with Crippen molar-refractivity contribution in [1.82, 2.24) is 0 Å². The number of nitrogens with one attached hydrogen (secondary N) is 1. The summed E-state index contributed by atoms with van der Waals surface area (Å²) >= 11 is 0. The molecular formula is C21H25NO4. The van der Waals surface area contributed by atoms with E-state index in [9.17, 15) is 9.59 Å². The van der Waals surface area contributed by atoms with Gasteiger partial charge >= 0.3 is 5.97 Å². The molecule has 2 aromatic rings. The largest absolute Gasteiger partial charge is 0.482 e. The van der Waals surface area contributed by atoms with Crippen molar-refractivity contribution in [2.45, 2.75) is 40.7 Å². The first-order chi connectivity index (χ1) is 12.3. The summed E-state index contributed by atoms with van der Waals surface area (Å²) in [6, 6.07) is 11.4. The van der Waals surface area contributed by atoms with E-state index in [0.717, 1.165) is 22.3 Å². The van der Waals surface area contributed by atoms with Gasteiger partial charge in [0, 0.05) is 5.69 Å². The van der Waals surface area contributed by atoms with Gasteiger partial charge in [-0.1, -0.05) is 24.3 Å². The van der Waals surface area contributed by atoms with Crippen molar-refractivity contribution >= 4 is 17.6 Å². The number of benzene rings is 2. The normalized spacial score (nSPS) is 11.6. The van der Waals surface area contributed by atoms with Crippen LogP contribution in [-0.4, -0.2) is 24.6 Å². The van der Waals surface area contributed by atoms with Crippen LogP contribution < -0.4 is 10.1 Å². The van der Waals surface area contributed by atoms with Gasteiger partial charge in [0.1, 0.15) is 5.75 Å². The molecule has 2 aromatic carbocycles. The smallest absolute Gasteiger partial charge is 0.344 e. The zero-order valence-corrected chi connectivity index (χ0v) is 15.9. The minimum absolute atomic E-state index is 0.245. The number of anilines is 1. The van der Waals surface area contributed by atoms with E-state index in [2.05, 4.69) is 5.32 Å². The van der Waals surface area contributed by atoms with Crippen molar-refractivity contribution < 1.29 is 19.1 Å². The Hall–Kier alpha value is -2.82. The highest BCUT2D eigenvalue weighted by molar-refractivity contribution is 5.95. The topological polar surface area (TPSA) is 64.6 Å². The molecule has 1 atom stereocenters. The summed E-state index contributed by atoms with van der Waals surface area (Å²) < 4.78 is 10.7. The molecule has 0 fully saturated rings. The van der Waals surface area contributed by atoms with E-state index in [0.29, 0.717) is 11.4 Å². The van der Waals surface area contributed by atoms with E-state index in [-0.39, 0.29) is 12.5 Å². The van der Waals surface area contributed by atoms with Crippen LogP contribution in [0.25, 0.3) is 0 Å². The SMILES string of the molecule is Cc1ccc(C)c(NC(=O)[C@@H](C)OC(=O)COc2cccc(C)c2C)c1. The molecule has 26 heavy (non-hydrogen) atoms. The number of carbonyl (C=O) groups is 2. The second kappa shape index (κ2) is 8.52. The molecule has 138 valence electrons. The van der Waals surface area contributed by atoms with Crippen LogP contribution in [-0.2, 0) is 14.3 Å². The molecule has 0 radical (unpaired) electrons. The Kier molecular flexibility index (Phi) is 6.39. The van der Waals surface area contributed by atoms with E-state index in [1.165, 1.54) is 6.92 Å². The third-order valence-electron chi connectivity index (χ3n) is 4.23. The maximum Gasteiger partial charge on any atom is 0.344 e. The van der Waals surface area contributed by atoms with Gasteiger partial charge in [-0.2, -0.15) is 0 Å². The zero-order chi connectivity index (χ0) is 19.3. The summed E-state index contributed by atoms with van der Waals surface area (Å²) in [4.78, 5) is 24.2. The van der Waals surface area contributed by atoms with Crippen molar-refractivity contribution in [3.63, 3.8) is 0 Å². The molecule has 5 nitrogen and oxygen atoms in total. The van der Waals surface area contributed by atoms with Gasteiger partial charge in [-0.15, -0.1) is 0 Å². The Morgan fingerprint density at radius 2 is 1.77 bits per heavy atom. The van der Waals surface area contributed by atoms with Gasteiger partial charge in [0.2, 0.25) is 0 Å². The maximum atomic E-state index is 12.3. The quantitative estimate of drug-likeness (QED) is 0.799. The predicted octanol–water partition coefficient (Wildman–Crippen LogP) is 3.87. The summed E-state index contributed by atoms with van der Waals surface area (Å²) in [7, 11) is 0. The number of esters is 1. The number of hydrogen-bond donors (Lipinski definition) is 1. The number of ether oxygens (including phenoxy) is 2. The molecule has 0 spiro atoms. The molecule has 0 aromatic heterocycles.